The lowest BCUT2D eigenvalue weighted by atomic mass is 9.94. The standard InChI is InChI=1S/C29H33ClN2O/c1-32(28-5-3-2-4-6-28)21-23-9-18-27(19-10-23)31-29(33)20-11-22-7-12-24(13-8-22)25-14-16-26(30)17-15-25/h7-10,12-19,28H,2-6,11,20-21H2,1H3,(H,31,33). The van der Waals surface area contributed by atoms with Crippen LogP contribution in [0.5, 0.6) is 0 Å². The number of nitrogens with one attached hydrogen (secondary N) is 1. The van der Waals surface area contributed by atoms with E-state index in [0.717, 1.165) is 40.4 Å². The van der Waals surface area contributed by atoms with Gasteiger partial charge in [0.05, 0.1) is 0 Å². The van der Waals surface area contributed by atoms with E-state index in [-0.39, 0.29) is 5.91 Å². The quantitative estimate of drug-likeness (QED) is 0.381. The second kappa shape index (κ2) is 11.5. The van der Waals surface area contributed by atoms with Gasteiger partial charge in [0.2, 0.25) is 5.91 Å². The predicted molar refractivity (Wildman–Crippen MR) is 139 cm³/mol. The number of nitrogens with zero attached hydrogens (tertiary/aromatic N) is 1. The molecule has 4 heteroatoms. The van der Waals surface area contributed by atoms with Crippen molar-refractivity contribution in [2.24, 2.45) is 0 Å². The summed E-state index contributed by atoms with van der Waals surface area (Å²) in [7, 11) is 2.23. The second-order valence-corrected chi connectivity index (χ2v) is 9.59. The fraction of sp³-hybridized carbons (Fsp3) is 0.345. The van der Waals surface area contributed by atoms with E-state index in [1.165, 1.54) is 37.7 Å². The molecule has 1 fully saturated rings. The third-order valence-corrected chi connectivity index (χ3v) is 6.89. The Bertz CT molecular complexity index is 1020. The minimum atomic E-state index is 0.0452. The van der Waals surface area contributed by atoms with Gasteiger partial charge in [-0.3, -0.25) is 9.69 Å². The van der Waals surface area contributed by atoms with Crippen molar-refractivity contribution in [3.05, 3.63) is 88.9 Å². The number of amides is 1. The first-order valence-corrected chi connectivity index (χ1v) is 12.4. The maximum Gasteiger partial charge on any atom is 0.224 e. The van der Waals surface area contributed by atoms with Gasteiger partial charge in [0, 0.05) is 29.7 Å². The molecule has 0 atom stereocenters. The number of benzene rings is 3. The van der Waals surface area contributed by atoms with E-state index in [9.17, 15) is 4.79 Å². The molecule has 1 aliphatic rings. The molecule has 0 saturated heterocycles. The Morgan fingerprint density at radius 3 is 2.06 bits per heavy atom. The molecule has 0 radical (unpaired) electrons. The van der Waals surface area contributed by atoms with Crippen LogP contribution in [0.2, 0.25) is 5.02 Å². The van der Waals surface area contributed by atoms with Crippen LogP contribution in [-0.4, -0.2) is 23.9 Å². The van der Waals surface area contributed by atoms with Gasteiger partial charge in [0.15, 0.2) is 0 Å². The molecule has 3 nitrogen and oxygen atoms in total. The molecule has 172 valence electrons. The second-order valence-electron chi connectivity index (χ2n) is 9.16. The van der Waals surface area contributed by atoms with Gasteiger partial charge < -0.3 is 5.32 Å². The van der Waals surface area contributed by atoms with Crippen LogP contribution in [0.15, 0.2) is 72.8 Å². The molecule has 33 heavy (non-hydrogen) atoms. The summed E-state index contributed by atoms with van der Waals surface area (Å²) in [5.74, 6) is 0.0452. The van der Waals surface area contributed by atoms with E-state index in [1.54, 1.807) is 0 Å². The Hall–Kier alpha value is -2.62. The topological polar surface area (TPSA) is 32.3 Å². The van der Waals surface area contributed by atoms with E-state index >= 15 is 0 Å². The predicted octanol–water partition coefficient (Wildman–Crippen LogP) is 7.34. The minimum Gasteiger partial charge on any atom is -0.326 e. The molecular weight excluding hydrogens is 428 g/mol. The molecular formula is C29H33ClN2O. The van der Waals surface area contributed by atoms with Gasteiger partial charge in [-0.05, 0) is 72.8 Å². The maximum absolute atomic E-state index is 12.4. The number of carbonyl (C=O) groups is 1. The lowest BCUT2D eigenvalue weighted by Gasteiger charge is -2.31. The third-order valence-electron chi connectivity index (χ3n) is 6.64. The molecule has 1 saturated carbocycles. The van der Waals surface area contributed by atoms with Crippen LogP contribution in [0.3, 0.4) is 0 Å². The highest BCUT2D eigenvalue weighted by atomic mass is 35.5. The average Bonchev–Trinajstić information content (AvgIpc) is 2.85. The van der Waals surface area contributed by atoms with Crippen LogP contribution in [0.25, 0.3) is 11.1 Å². The Kier molecular flexibility index (Phi) is 8.20. The molecule has 0 unspecified atom stereocenters. The molecule has 0 spiro atoms. The summed E-state index contributed by atoms with van der Waals surface area (Å²) >= 11 is 5.97. The van der Waals surface area contributed by atoms with Crippen molar-refractivity contribution in [3.63, 3.8) is 0 Å². The first-order chi connectivity index (χ1) is 16.1. The van der Waals surface area contributed by atoms with Gasteiger partial charge in [-0.25, -0.2) is 0 Å². The van der Waals surface area contributed by atoms with Crippen molar-refractivity contribution in [3.8, 4) is 11.1 Å². The smallest absolute Gasteiger partial charge is 0.224 e. The van der Waals surface area contributed by atoms with Gasteiger partial charge in [-0.2, -0.15) is 0 Å². The lowest BCUT2D eigenvalue weighted by Crippen LogP contribution is -2.32. The zero-order valence-electron chi connectivity index (χ0n) is 19.4. The first-order valence-electron chi connectivity index (χ1n) is 12.0. The SMILES string of the molecule is CN(Cc1ccc(NC(=O)CCc2ccc(-c3ccc(Cl)cc3)cc2)cc1)C1CCCCC1. The average molecular weight is 461 g/mol. The summed E-state index contributed by atoms with van der Waals surface area (Å²) in [4.78, 5) is 14.9. The molecule has 0 heterocycles. The molecule has 4 rings (SSSR count). The maximum atomic E-state index is 12.4. The normalized spacial score (nSPS) is 14.4. The van der Waals surface area contributed by atoms with E-state index in [0.29, 0.717) is 12.5 Å². The van der Waals surface area contributed by atoms with Crippen LogP contribution < -0.4 is 5.32 Å². The van der Waals surface area contributed by atoms with Crippen LogP contribution in [-0.2, 0) is 17.8 Å². The molecule has 0 aliphatic heterocycles. The van der Waals surface area contributed by atoms with Crippen LogP contribution in [0.1, 0.15) is 49.7 Å². The van der Waals surface area contributed by atoms with Crippen molar-refractivity contribution in [1.29, 1.82) is 0 Å². The lowest BCUT2D eigenvalue weighted by molar-refractivity contribution is -0.116. The highest BCUT2D eigenvalue weighted by Crippen LogP contribution is 2.24. The van der Waals surface area contributed by atoms with Crippen LogP contribution in [0, 0.1) is 0 Å². The molecule has 0 bridgehead atoms. The Balaban J connectivity index is 1.23. The first kappa shape index (κ1) is 23.5. The molecule has 1 amide bonds. The highest BCUT2D eigenvalue weighted by Gasteiger charge is 2.17. The van der Waals surface area contributed by atoms with Crippen molar-refractivity contribution in [2.75, 3.05) is 12.4 Å². The minimum absolute atomic E-state index is 0.0452. The number of halogens is 1. The number of anilines is 1. The number of carbonyl (C=O) groups excluding carboxylic acids is 1. The largest absolute Gasteiger partial charge is 0.326 e. The van der Waals surface area contributed by atoms with Crippen molar-refractivity contribution in [2.45, 2.75) is 57.5 Å². The Labute approximate surface area is 202 Å². The fourth-order valence-electron chi connectivity index (χ4n) is 4.62. The van der Waals surface area contributed by atoms with Crippen molar-refractivity contribution >= 4 is 23.2 Å². The summed E-state index contributed by atoms with van der Waals surface area (Å²) in [5, 5.41) is 3.77. The Morgan fingerprint density at radius 2 is 1.42 bits per heavy atom. The van der Waals surface area contributed by atoms with Gasteiger partial charge in [-0.1, -0.05) is 79.4 Å². The third kappa shape index (κ3) is 6.93. The Morgan fingerprint density at radius 1 is 0.848 bits per heavy atom. The molecule has 1 N–H and O–H groups in total. The van der Waals surface area contributed by atoms with Crippen LogP contribution >= 0.6 is 11.6 Å². The number of hydrogen-bond acceptors (Lipinski definition) is 2. The van der Waals surface area contributed by atoms with E-state index in [4.69, 9.17) is 11.6 Å². The van der Waals surface area contributed by atoms with Gasteiger partial charge in [0.25, 0.3) is 0 Å². The zero-order chi connectivity index (χ0) is 23.0. The summed E-state index contributed by atoms with van der Waals surface area (Å²) in [6.07, 6.45) is 7.90. The van der Waals surface area contributed by atoms with E-state index in [1.807, 2.05) is 36.4 Å². The van der Waals surface area contributed by atoms with Gasteiger partial charge in [0.1, 0.15) is 0 Å². The van der Waals surface area contributed by atoms with Crippen LogP contribution in [0.4, 0.5) is 5.69 Å². The van der Waals surface area contributed by atoms with Crippen molar-refractivity contribution in [1.82, 2.24) is 4.90 Å². The fourth-order valence-corrected chi connectivity index (χ4v) is 4.75. The number of aryl methyl sites for hydroxylation is 1. The van der Waals surface area contributed by atoms with E-state index < -0.39 is 0 Å². The molecule has 1 aliphatic carbocycles. The van der Waals surface area contributed by atoms with E-state index in [2.05, 4.69) is 53.7 Å². The highest BCUT2D eigenvalue weighted by molar-refractivity contribution is 6.30. The summed E-state index contributed by atoms with van der Waals surface area (Å²) < 4.78 is 0. The molecule has 0 aromatic heterocycles. The summed E-state index contributed by atoms with van der Waals surface area (Å²) in [6, 6.07) is 25.2. The monoisotopic (exact) mass is 460 g/mol. The van der Waals surface area contributed by atoms with Crippen molar-refractivity contribution < 1.29 is 4.79 Å². The van der Waals surface area contributed by atoms with Gasteiger partial charge in [-0.15, -0.1) is 0 Å². The molecule has 3 aromatic carbocycles. The summed E-state index contributed by atoms with van der Waals surface area (Å²) in [5.41, 5.74) is 5.60. The number of rotatable bonds is 8. The molecule has 3 aromatic rings. The summed E-state index contributed by atoms with van der Waals surface area (Å²) in [6.45, 7) is 0.963. The zero-order valence-corrected chi connectivity index (χ0v) is 20.2. The number of hydrogen-bond donors (Lipinski definition) is 1. The van der Waals surface area contributed by atoms with Gasteiger partial charge >= 0.3 is 0 Å².